The van der Waals surface area contributed by atoms with E-state index in [0.717, 1.165) is 19.4 Å². The van der Waals surface area contributed by atoms with Gasteiger partial charge in [-0.1, -0.05) is 37.3 Å². The van der Waals surface area contributed by atoms with Crippen LogP contribution in [-0.4, -0.2) is 36.9 Å². The number of nitrogens with one attached hydrogen (secondary N) is 2. The molecular weight excluding hydrogens is 306 g/mol. The smallest absolute Gasteiger partial charge is 0.239 e. The van der Waals surface area contributed by atoms with Gasteiger partial charge < -0.3 is 22.1 Å². The van der Waals surface area contributed by atoms with Gasteiger partial charge in [-0.15, -0.1) is 0 Å². The summed E-state index contributed by atoms with van der Waals surface area (Å²) < 4.78 is 0. The number of guanidine groups is 1. The van der Waals surface area contributed by atoms with E-state index < -0.39 is 0 Å². The van der Waals surface area contributed by atoms with Gasteiger partial charge in [0.2, 0.25) is 11.8 Å². The second-order valence-corrected chi connectivity index (χ2v) is 5.37. The molecule has 0 heterocycles. The van der Waals surface area contributed by atoms with Gasteiger partial charge in [-0.25, -0.2) is 0 Å². The fourth-order valence-corrected chi connectivity index (χ4v) is 1.79. The summed E-state index contributed by atoms with van der Waals surface area (Å²) in [5.41, 5.74) is 11.2. The van der Waals surface area contributed by atoms with Crippen LogP contribution in [0.5, 0.6) is 0 Å². The third-order valence-electron chi connectivity index (χ3n) is 2.81. The average Bonchev–Trinajstić information content (AvgIpc) is 2.52. The number of hydrogen-bond acceptors (Lipinski definition) is 3. The first kappa shape index (κ1) is 21.4. The molecule has 0 aliphatic rings. The fourth-order valence-electron chi connectivity index (χ4n) is 1.79. The van der Waals surface area contributed by atoms with Crippen molar-refractivity contribution in [2.45, 2.75) is 39.7 Å². The quantitative estimate of drug-likeness (QED) is 0.429. The molecule has 0 aliphatic heterocycles. The molecule has 1 atom stereocenters. The van der Waals surface area contributed by atoms with Gasteiger partial charge in [-0.3, -0.25) is 14.6 Å². The molecule has 1 rings (SSSR count). The van der Waals surface area contributed by atoms with E-state index in [1.165, 1.54) is 12.5 Å². The van der Waals surface area contributed by atoms with E-state index in [2.05, 4.69) is 15.6 Å². The Morgan fingerprint density at radius 3 is 2.29 bits per heavy atom. The molecule has 0 radical (unpaired) electrons. The molecule has 0 fully saturated rings. The number of nitrogens with zero attached hydrogens (tertiary/aromatic N) is 1. The van der Waals surface area contributed by atoms with Crippen molar-refractivity contribution >= 4 is 17.8 Å². The molecule has 0 saturated heterocycles. The lowest BCUT2D eigenvalue weighted by atomic mass is 10.1. The number of nitrogens with two attached hydrogens (primary N) is 2. The Morgan fingerprint density at radius 1 is 1.21 bits per heavy atom. The molecule has 24 heavy (non-hydrogen) atoms. The van der Waals surface area contributed by atoms with Gasteiger partial charge in [-0.05, 0) is 25.3 Å². The summed E-state index contributed by atoms with van der Waals surface area (Å²) in [4.78, 5) is 25.8. The molecule has 6 N–H and O–H groups in total. The SMILES string of the molecule is CC(=O)NCC(=O)N[C@@H](C)Cc1ccccc1.CCCN=C(N)N. The zero-order valence-electron chi connectivity index (χ0n) is 14.7. The van der Waals surface area contributed by atoms with Gasteiger partial charge in [0.15, 0.2) is 5.96 Å². The zero-order valence-corrected chi connectivity index (χ0v) is 14.7. The Hall–Kier alpha value is -2.57. The lowest BCUT2D eigenvalue weighted by Gasteiger charge is -2.14. The Morgan fingerprint density at radius 2 is 1.83 bits per heavy atom. The van der Waals surface area contributed by atoms with Gasteiger partial charge in [0.1, 0.15) is 0 Å². The Labute approximate surface area is 143 Å². The summed E-state index contributed by atoms with van der Waals surface area (Å²) >= 11 is 0. The minimum absolute atomic E-state index is 0.0362. The van der Waals surface area contributed by atoms with Crippen molar-refractivity contribution in [1.82, 2.24) is 10.6 Å². The van der Waals surface area contributed by atoms with Crippen molar-refractivity contribution in [2.75, 3.05) is 13.1 Å². The van der Waals surface area contributed by atoms with Crippen LogP contribution in [0, 0.1) is 0 Å². The molecular formula is C17H29N5O2. The highest BCUT2D eigenvalue weighted by Crippen LogP contribution is 2.02. The fraction of sp³-hybridized carbons (Fsp3) is 0.471. The Bertz CT molecular complexity index is 513. The zero-order chi connectivity index (χ0) is 18.4. The van der Waals surface area contributed by atoms with Crippen LogP contribution < -0.4 is 22.1 Å². The van der Waals surface area contributed by atoms with Crippen molar-refractivity contribution in [3.63, 3.8) is 0 Å². The normalized spacial score (nSPS) is 10.6. The highest BCUT2D eigenvalue weighted by Gasteiger charge is 2.07. The number of carbonyl (C=O) groups is 2. The number of benzene rings is 1. The minimum Gasteiger partial charge on any atom is -0.370 e. The monoisotopic (exact) mass is 335 g/mol. The number of aliphatic imine (C=N–C) groups is 1. The second kappa shape index (κ2) is 12.9. The van der Waals surface area contributed by atoms with Gasteiger partial charge >= 0.3 is 0 Å². The van der Waals surface area contributed by atoms with Crippen molar-refractivity contribution in [3.8, 4) is 0 Å². The van der Waals surface area contributed by atoms with Gasteiger partial charge in [0.25, 0.3) is 0 Å². The first-order valence-corrected chi connectivity index (χ1v) is 7.98. The van der Waals surface area contributed by atoms with E-state index >= 15 is 0 Å². The van der Waals surface area contributed by atoms with Crippen LogP contribution in [-0.2, 0) is 16.0 Å². The summed E-state index contributed by atoms with van der Waals surface area (Å²) in [6, 6.07) is 10.0. The van der Waals surface area contributed by atoms with E-state index in [1.807, 2.05) is 44.2 Å². The number of amides is 2. The molecule has 0 unspecified atom stereocenters. The van der Waals surface area contributed by atoms with Crippen LogP contribution in [0.4, 0.5) is 0 Å². The molecule has 0 bridgehead atoms. The van der Waals surface area contributed by atoms with Crippen molar-refractivity contribution in [2.24, 2.45) is 16.5 Å². The third kappa shape index (κ3) is 13.1. The maximum atomic E-state index is 11.4. The number of rotatable bonds is 7. The van der Waals surface area contributed by atoms with Crippen LogP contribution in [0.3, 0.4) is 0 Å². The Balaban J connectivity index is 0.000000640. The number of hydrogen-bond donors (Lipinski definition) is 4. The van der Waals surface area contributed by atoms with Crippen molar-refractivity contribution in [1.29, 1.82) is 0 Å². The molecule has 0 aliphatic carbocycles. The first-order chi connectivity index (χ1) is 11.3. The lowest BCUT2D eigenvalue weighted by molar-refractivity contribution is -0.125. The summed E-state index contributed by atoms with van der Waals surface area (Å²) in [7, 11) is 0. The molecule has 1 aromatic rings. The molecule has 134 valence electrons. The van der Waals surface area contributed by atoms with Crippen molar-refractivity contribution < 1.29 is 9.59 Å². The maximum Gasteiger partial charge on any atom is 0.239 e. The van der Waals surface area contributed by atoms with Crippen LogP contribution >= 0.6 is 0 Å². The molecule has 0 aromatic heterocycles. The van der Waals surface area contributed by atoms with Crippen LogP contribution in [0.25, 0.3) is 0 Å². The standard InChI is InChI=1S/C13H18N2O2.C4H11N3/c1-10(8-12-6-4-3-5-7-12)15-13(17)9-14-11(2)16;1-2-3-7-4(5)6/h3-7,10H,8-9H2,1-2H3,(H,14,16)(H,15,17);2-3H2,1H3,(H4,5,6,7)/t10-;/m0./s1. The van der Waals surface area contributed by atoms with Gasteiger partial charge in [0.05, 0.1) is 6.54 Å². The topological polar surface area (TPSA) is 123 Å². The minimum atomic E-state index is -0.198. The summed E-state index contributed by atoms with van der Waals surface area (Å²) in [5, 5.41) is 5.29. The van der Waals surface area contributed by atoms with Crippen molar-refractivity contribution in [3.05, 3.63) is 35.9 Å². The lowest BCUT2D eigenvalue weighted by Crippen LogP contribution is -2.41. The Kier molecular flexibility index (Phi) is 11.5. The van der Waals surface area contributed by atoms with Gasteiger partial charge in [0, 0.05) is 19.5 Å². The van der Waals surface area contributed by atoms with E-state index in [1.54, 1.807) is 0 Å². The molecule has 7 nitrogen and oxygen atoms in total. The maximum absolute atomic E-state index is 11.4. The van der Waals surface area contributed by atoms with E-state index in [0.29, 0.717) is 0 Å². The molecule has 0 saturated carbocycles. The number of carbonyl (C=O) groups excluding carboxylic acids is 2. The van der Waals surface area contributed by atoms with E-state index in [4.69, 9.17) is 11.5 Å². The van der Waals surface area contributed by atoms with Gasteiger partial charge in [-0.2, -0.15) is 0 Å². The largest absolute Gasteiger partial charge is 0.370 e. The summed E-state index contributed by atoms with van der Waals surface area (Å²) in [6.07, 6.45) is 1.78. The highest BCUT2D eigenvalue weighted by molar-refractivity contribution is 5.83. The molecule has 7 heteroatoms. The van der Waals surface area contributed by atoms with Crippen LogP contribution in [0.1, 0.15) is 32.8 Å². The molecule has 2 amide bonds. The second-order valence-electron chi connectivity index (χ2n) is 5.37. The highest BCUT2D eigenvalue weighted by atomic mass is 16.2. The van der Waals surface area contributed by atoms with E-state index in [-0.39, 0.29) is 30.4 Å². The van der Waals surface area contributed by atoms with E-state index in [9.17, 15) is 9.59 Å². The third-order valence-corrected chi connectivity index (χ3v) is 2.81. The summed E-state index contributed by atoms with van der Waals surface area (Å²) in [5.74, 6) is -0.179. The first-order valence-electron chi connectivity index (χ1n) is 7.98. The predicted octanol–water partition coefficient (Wildman–Crippen LogP) is 0.540. The average molecular weight is 335 g/mol. The van der Waals surface area contributed by atoms with Crippen LogP contribution in [0.2, 0.25) is 0 Å². The van der Waals surface area contributed by atoms with Crippen LogP contribution in [0.15, 0.2) is 35.3 Å². The summed E-state index contributed by atoms with van der Waals surface area (Å²) in [6.45, 7) is 6.13. The predicted molar refractivity (Wildman–Crippen MR) is 97.4 cm³/mol. The molecule has 1 aromatic carbocycles. The molecule has 0 spiro atoms.